The minimum absolute atomic E-state index is 0.00494. The number of esters is 1. The molecule has 1 aliphatic rings. The Morgan fingerprint density at radius 2 is 1.93 bits per heavy atom. The monoisotopic (exact) mass is 420 g/mol. The van der Waals surface area contributed by atoms with E-state index in [1.54, 1.807) is 6.92 Å². The van der Waals surface area contributed by atoms with E-state index in [0.29, 0.717) is 0 Å². The Morgan fingerprint density at radius 1 is 1.31 bits per heavy atom. The van der Waals surface area contributed by atoms with Gasteiger partial charge in [0.15, 0.2) is 0 Å². The number of nitro groups is 1. The van der Waals surface area contributed by atoms with E-state index in [4.69, 9.17) is 14.2 Å². The molecule has 1 fully saturated rings. The number of carbonyl (C=O) groups is 2. The van der Waals surface area contributed by atoms with Crippen LogP contribution in [0.15, 0.2) is 24.3 Å². The summed E-state index contributed by atoms with van der Waals surface area (Å²) in [5, 5.41) is 12.5. The summed E-state index contributed by atoms with van der Waals surface area (Å²) in [5.41, 5.74) is -0.228. The van der Waals surface area contributed by atoms with Gasteiger partial charge in [0.2, 0.25) is 6.29 Å². The summed E-state index contributed by atoms with van der Waals surface area (Å²) in [6, 6.07) is 3.47. The van der Waals surface area contributed by atoms with Crippen LogP contribution in [0.5, 0.6) is 0 Å². The first-order valence-corrected chi connectivity index (χ1v) is 8.63. The number of non-ortho nitro benzene ring substituents is 1. The lowest BCUT2D eigenvalue weighted by atomic mass is 9.99. The van der Waals surface area contributed by atoms with E-state index in [-0.39, 0.29) is 24.3 Å². The lowest BCUT2D eigenvalue weighted by Gasteiger charge is -2.40. The van der Waals surface area contributed by atoms with Crippen molar-refractivity contribution in [2.75, 3.05) is 6.61 Å². The third-order valence-corrected chi connectivity index (χ3v) is 4.16. The van der Waals surface area contributed by atoms with Gasteiger partial charge in [-0.25, -0.2) is 4.79 Å². The van der Waals surface area contributed by atoms with Gasteiger partial charge in [-0.2, -0.15) is 13.2 Å². The number of amides is 1. The van der Waals surface area contributed by atoms with Gasteiger partial charge in [0, 0.05) is 25.2 Å². The van der Waals surface area contributed by atoms with Gasteiger partial charge in [-0.05, 0) is 26.0 Å². The highest BCUT2D eigenvalue weighted by Gasteiger charge is 2.45. The molecule has 1 saturated heterocycles. The molecule has 9 nitrogen and oxygen atoms in total. The minimum atomic E-state index is -5.08. The fourth-order valence-corrected chi connectivity index (χ4v) is 2.86. The zero-order valence-electron chi connectivity index (χ0n) is 15.5. The number of nitro benzene ring substituents is 1. The first-order valence-electron chi connectivity index (χ1n) is 8.63. The van der Waals surface area contributed by atoms with Crippen molar-refractivity contribution >= 4 is 17.6 Å². The number of benzene rings is 1. The van der Waals surface area contributed by atoms with Crippen LogP contribution in [0.3, 0.4) is 0 Å². The number of ether oxygens (including phenoxy) is 3. The van der Waals surface area contributed by atoms with Crippen LogP contribution in [0.25, 0.3) is 0 Å². The fourth-order valence-electron chi connectivity index (χ4n) is 2.86. The van der Waals surface area contributed by atoms with Crippen LogP contribution in [0.4, 0.5) is 18.9 Å². The van der Waals surface area contributed by atoms with Crippen molar-refractivity contribution < 1.29 is 41.9 Å². The Hall–Kier alpha value is -2.73. The van der Waals surface area contributed by atoms with E-state index < -0.39 is 47.5 Å². The molecule has 0 aromatic heterocycles. The Labute approximate surface area is 163 Å². The topological polar surface area (TPSA) is 117 Å². The average Bonchev–Trinajstić information content (AvgIpc) is 2.63. The zero-order chi connectivity index (χ0) is 21.8. The highest BCUT2D eigenvalue weighted by atomic mass is 19.4. The normalized spacial score (nSPS) is 24.6. The number of alkyl halides is 3. The van der Waals surface area contributed by atoms with Gasteiger partial charge >= 0.3 is 18.1 Å². The lowest BCUT2D eigenvalue weighted by molar-refractivity contribution is -0.384. The zero-order valence-corrected chi connectivity index (χ0v) is 15.5. The molecule has 29 heavy (non-hydrogen) atoms. The SMILES string of the molecule is CCO[C@@H]1[C@@H](NC(=O)C(F)(F)F)C[C@@H](OC(=O)c2ccc([N+](=O)[O-])cc2)O[C@@H]1C. The van der Waals surface area contributed by atoms with E-state index >= 15 is 0 Å². The first-order chi connectivity index (χ1) is 13.5. The van der Waals surface area contributed by atoms with Crippen molar-refractivity contribution in [2.24, 2.45) is 0 Å². The van der Waals surface area contributed by atoms with Gasteiger partial charge in [-0.3, -0.25) is 14.9 Å². The molecule has 0 aliphatic carbocycles. The average molecular weight is 420 g/mol. The Balaban J connectivity index is 2.09. The molecule has 1 heterocycles. The molecule has 4 atom stereocenters. The summed E-state index contributed by atoms with van der Waals surface area (Å²) in [6.07, 6.45) is -8.25. The highest BCUT2D eigenvalue weighted by molar-refractivity contribution is 5.89. The molecule has 0 saturated carbocycles. The van der Waals surface area contributed by atoms with Crippen molar-refractivity contribution in [2.45, 2.75) is 51.0 Å². The van der Waals surface area contributed by atoms with Gasteiger partial charge in [-0.1, -0.05) is 0 Å². The molecule has 1 amide bonds. The van der Waals surface area contributed by atoms with Crippen LogP contribution in [-0.4, -0.2) is 54.1 Å². The smallest absolute Gasteiger partial charge is 0.432 e. The molecule has 2 rings (SSSR count). The summed E-state index contributed by atoms with van der Waals surface area (Å²) in [4.78, 5) is 33.6. The van der Waals surface area contributed by atoms with Crippen molar-refractivity contribution in [3.63, 3.8) is 0 Å². The van der Waals surface area contributed by atoms with Crippen LogP contribution in [0.2, 0.25) is 0 Å². The highest BCUT2D eigenvalue weighted by Crippen LogP contribution is 2.26. The van der Waals surface area contributed by atoms with Gasteiger partial charge in [0.1, 0.15) is 6.10 Å². The van der Waals surface area contributed by atoms with Crippen molar-refractivity contribution in [3.8, 4) is 0 Å². The molecule has 12 heteroatoms. The van der Waals surface area contributed by atoms with Crippen LogP contribution in [-0.2, 0) is 19.0 Å². The predicted octanol–water partition coefficient (Wildman–Crippen LogP) is 2.34. The Morgan fingerprint density at radius 3 is 2.45 bits per heavy atom. The van der Waals surface area contributed by atoms with Crippen LogP contribution >= 0.6 is 0 Å². The first kappa shape index (κ1) is 22.6. The van der Waals surface area contributed by atoms with E-state index in [2.05, 4.69) is 0 Å². The van der Waals surface area contributed by atoms with E-state index in [9.17, 15) is 32.9 Å². The fraction of sp³-hybridized carbons (Fsp3) is 0.529. The summed E-state index contributed by atoms with van der Waals surface area (Å²) >= 11 is 0. The summed E-state index contributed by atoms with van der Waals surface area (Å²) in [6.45, 7) is 3.32. The largest absolute Gasteiger partial charge is 0.471 e. The van der Waals surface area contributed by atoms with Crippen molar-refractivity contribution in [3.05, 3.63) is 39.9 Å². The molecule has 0 spiro atoms. The van der Waals surface area contributed by atoms with Crippen LogP contribution in [0.1, 0.15) is 30.6 Å². The number of nitrogens with one attached hydrogen (secondary N) is 1. The van der Waals surface area contributed by atoms with E-state index in [0.717, 1.165) is 12.1 Å². The number of rotatable bonds is 6. The van der Waals surface area contributed by atoms with Crippen LogP contribution < -0.4 is 5.32 Å². The third kappa shape index (κ3) is 5.87. The second-order valence-corrected chi connectivity index (χ2v) is 6.21. The second-order valence-electron chi connectivity index (χ2n) is 6.21. The predicted molar refractivity (Wildman–Crippen MR) is 90.9 cm³/mol. The molecule has 0 bridgehead atoms. The Kier molecular flexibility index (Phi) is 7.14. The molecule has 1 N–H and O–H groups in total. The number of carbonyl (C=O) groups excluding carboxylic acids is 2. The second kappa shape index (κ2) is 9.18. The lowest BCUT2D eigenvalue weighted by Crippen LogP contribution is -2.58. The maximum absolute atomic E-state index is 12.6. The van der Waals surface area contributed by atoms with E-state index in [1.165, 1.54) is 19.1 Å². The van der Waals surface area contributed by atoms with Gasteiger partial charge < -0.3 is 19.5 Å². The summed E-state index contributed by atoms with van der Waals surface area (Å²) < 4.78 is 53.9. The van der Waals surface area contributed by atoms with E-state index in [1.807, 2.05) is 5.32 Å². The molecule has 160 valence electrons. The number of hydrogen-bond donors (Lipinski definition) is 1. The molecule has 1 aliphatic heterocycles. The summed E-state index contributed by atoms with van der Waals surface area (Å²) in [7, 11) is 0. The third-order valence-electron chi connectivity index (χ3n) is 4.16. The Bertz CT molecular complexity index is 754. The van der Waals surface area contributed by atoms with Crippen LogP contribution in [0, 0.1) is 10.1 Å². The van der Waals surface area contributed by atoms with Gasteiger partial charge in [-0.15, -0.1) is 0 Å². The van der Waals surface area contributed by atoms with Crippen molar-refractivity contribution in [1.29, 1.82) is 0 Å². The molecule has 1 aromatic carbocycles. The number of hydrogen-bond acceptors (Lipinski definition) is 7. The maximum atomic E-state index is 12.6. The number of halogens is 3. The quantitative estimate of drug-likeness (QED) is 0.426. The summed E-state index contributed by atoms with van der Waals surface area (Å²) in [5.74, 6) is -3.02. The standard InChI is InChI=1S/C17H19F3N2O7/c1-3-27-14-9(2)28-13(8-12(14)21-16(24)17(18,19)20)29-15(23)10-4-6-11(7-5-10)22(25)26/h4-7,9,12-14H,3,8H2,1-2H3,(H,21,24)/t9-,12+,13-,14+/m1/s1. The maximum Gasteiger partial charge on any atom is 0.471 e. The number of nitrogens with zero attached hydrogens (tertiary/aromatic N) is 1. The van der Waals surface area contributed by atoms with Gasteiger partial charge in [0.05, 0.1) is 22.6 Å². The van der Waals surface area contributed by atoms with Crippen molar-refractivity contribution in [1.82, 2.24) is 5.32 Å². The molecule has 1 aromatic rings. The molecule has 0 radical (unpaired) electrons. The molecule has 0 unspecified atom stereocenters. The molecular formula is C17H19F3N2O7. The molecular weight excluding hydrogens is 401 g/mol. The minimum Gasteiger partial charge on any atom is -0.432 e. The van der Waals surface area contributed by atoms with Gasteiger partial charge in [0.25, 0.3) is 5.69 Å².